The maximum Gasteiger partial charge on any atom is 0.145 e. The topological polar surface area (TPSA) is 53.6 Å². The molecule has 2 aromatic carbocycles. The molecule has 0 bridgehead atoms. The van der Waals surface area contributed by atoms with E-state index in [0.717, 1.165) is 28.9 Å². The summed E-state index contributed by atoms with van der Waals surface area (Å²) in [6.45, 7) is 2.78. The number of benzene rings is 2. The molecule has 0 radical (unpaired) electrons. The van der Waals surface area contributed by atoms with E-state index in [1.54, 1.807) is 6.20 Å². The van der Waals surface area contributed by atoms with Crippen molar-refractivity contribution in [2.45, 2.75) is 13.5 Å². The van der Waals surface area contributed by atoms with Gasteiger partial charge in [-0.15, -0.1) is 0 Å². The van der Waals surface area contributed by atoms with Gasteiger partial charge in [-0.2, -0.15) is 0 Å². The number of nitrogens with one attached hydrogen (secondary N) is 2. The van der Waals surface area contributed by atoms with Crippen LogP contribution in [0, 0.1) is 6.92 Å². The van der Waals surface area contributed by atoms with Crippen molar-refractivity contribution in [3.63, 3.8) is 0 Å². The molecular formula is C18H16N4. The van der Waals surface area contributed by atoms with E-state index in [4.69, 9.17) is 0 Å². The molecule has 0 aliphatic rings. The molecule has 0 saturated carbocycles. The van der Waals surface area contributed by atoms with Gasteiger partial charge < -0.3 is 10.3 Å². The lowest BCUT2D eigenvalue weighted by Gasteiger charge is -2.07. The van der Waals surface area contributed by atoms with E-state index in [-0.39, 0.29) is 0 Å². The van der Waals surface area contributed by atoms with Crippen molar-refractivity contribution in [3.05, 3.63) is 66.0 Å². The third-order valence-electron chi connectivity index (χ3n) is 3.79. The number of aromatic nitrogens is 3. The highest BCUT2D eigenvalue weighted by atomic mass is 15.0. The molecule has 4 nitrogen and oxygen atoms in total. The van der Waals surface area contributed by atoms with Crippen LogP contribution in [0.1, 0.15) is 11.1 Å². The second-order valence-electron chi connectivity index (χ2n) is 5.50. The van der Waals surface area contributed by atoms with Crippen LogP contribution in [0.25, 0.3) is 21.9 Å². The van der Waals surface area contributed by atoms with Crippen LogP contribution in [0.4, 0.5) is 5.82 Å². The van der Waals surface area contributed by atoms with E-state index < -0.39 is 0 Å². The van der Waals surface area contributed by atoms with Gasteiger partial charge in [0.1, 0.15) is 5.82 Å². The second kappa shape index (κ2) is 5.15. The quantitative estimate of drug-likeness (QED) is 0.598. The molecule has 0 aliphatic carbocycles. The standard InChI is InChI=1S/C18H16N4/c1-12-2-5-15-17(8-12)20-11-18(22-15)21-10-13-3-4-14-6-7-19-16(14)9-13/h2-9,11,19H,10H2,1H3,(H,21,22). The summed E-state index contributed by atoms with van der Waals surface area (Å²) in [5, 5.41) is 4.56. The Labute approximate surface area is 128 Å². The Morgan fingerprint density at radius 1 is 1.05 bits per heavy atom. The summed E-state index contributed by atoms with van der Waals surface area (Å²) in [6, 6.07) is 14.6. The average Bonchev–Trinajstić information content (AvgIpc) is 3.00. The maximum atomic E-state index is 4.60. The van der Waals surface area contributed by atoms with Crippen LogP contribution >= 0.6 is 0 Å². The highest BCUT2D eigenvalue weighted by molar-refractivity contribution is 5.80. The van der Waals surface area contributed by atoms with Crippen molar-refractivity contribution in [3.8, 4) is 0 Å². The Hall–Kier alpha value is -2.88. The predicted molar refractivity (Wildman–Crippen MR) is 89.9 cm³/mol. The zero-order valence-corrected chi connectivity index (χ0v) is 12.3. The van der Waals surface area contributed by atoms with Gasteiger partial charge in [-0.3, -0.25) is 4.98 Å². The summed E-state index contributed by atoms with van der Waals surface area (Å²) in [4.78, 5) is 12.3. The van der Waals surface area contributed by atoms with Crippen LogP contribution in [-0.2, 0) is 6.54 Å². The number of aromatic amines is 1. The number of aryl methyl sites for hydroxylation is 1. The Bertz CT molecular complexity index is 956. The first-order valence-corrected chi connectivity index (χ1v) is 7.31. The Kier molecular flexibility index (Phi) is 3.00. The van der Waals surface area contributed by atoms with Gasteiger partial charge in [-0.1, -0.05) is 18.2 Å². The lowest BCUT2D eigenvalue weighted by molar-refractivity contribution is 1.11. The molecule has 2 aromatic heterocycles. The van der Waals surface area contributed by atoms with E-state index in [0.29, 0.717) is 0 Å². The van der Waals surface area contributed by atoms with Crippen LogP contribution in [0.2, 0.25) is 0 Å². The molecule has 0 saturated heterocycles. The molecule has 0 amide bonds. The fourth-order valence-electron chi connectivity index (χ4n) is 2.60. The van der Waals surface area contributed by atoms with Crippen LogP contribution in [0.15, 0.2) is 54.9 Å². The minimum absolute atomic E-state index is 0.723. The largest absolute Gasteiger partial charge is 0.365 e. The molecule has 0 spiro atoms. The third-order valence-corrected chi connectivity index (χ3v) is 3.79. The minimum Gasteiger partial charge on any atom is -0.365 e. The van der Waals surface area contributed by atoms with E-state index in [1.807, 2.05) is 18.3 Å². The predicted octanol–water partition coefficient (Wildman–Crippen LogP) is 4.03. The third kappa shape index (κ3) is 2.39. The fourth-order valence-corrected chi connectivity index (χ4v) is 2.60. The molecule has 108 valence electrons. The molecule has 4 aromatic rings. The van der Waals surface area contributed by atoms with Crippen molar-refractivity contribution in [1.29, 1.82) is 0 Å². The number of hydrogen-bond acceptors (Lipinski definition) is 3. The molecular weight excluding hydrogens is 272 g/mol. The van der Waals surface area contributed by atoms with Crippen LogP contribution in [-0.4, -0.2) is 15.0 Å². The minimum atomic E-state index is 0.723. The lowest BCUT2D eigenvalue weighted by atomic mass is 10.1. The number of anilines is 1. The Balaban J connectivity index is 1.56. The first-order valence-electron chi connectivity index (χ1n) is 7.31. The number of rotatable bonds is 3. The van der Waals surface area contributed by atoms with E-state index in [1.165, 1.54) is 16.5 Å². The van der Waals surface area contributed by atoms with Gasteiger partial charge in [-0.05, 0) is 47.7 Å². The second-order valence-corrected chi connectivity index (χ2v) is 5.50. The van der Waals surface area contributed by atoms with Crippen LogP contribution in [0.3, 0.4) is 0 Å². The monoisotopic (exact) mass is 288 g/mol. The highest BCUT2D eigenvalue weighted by Crippen LogP contribution is 2.17. The summed E-state index contributed by atoms with van der Waals surface area (Å²) < 4.78 is 0. The number of fused-ring (bicyclic) bond motifs is 2. The average molecular weight is 288 g/mol. The molecule has 22 heavy (non-hydrogen) atoms. The highest BCUT2D eigenvalue weighted by Gasteiger charge is 2.01. The molecule has 0 atom stereocenters. The molecule has 4 heteroatoms. The van der Waals surface area contributed by atoms with E-state index in [9.17, 15) is 0 Å². The van der Waals surface area contributed by atoms with Crippen molar-refractivity contribution in [1.82, 2.24) is 15.0 Å². The molecule has 4 rings (SSSR count). The van der Waals surface area contributed by atoms with Gasteiger partial charge in [0.2, 0.25) is 0 Å². The first kappa shape index (κ1) is 12.8. The molecule has 0 aliphatic heterocycles. The summed E-state index contributed by atoms with van der Waals surface area (Å²) in [6.07, 6.45) is 3.74. The van der Waals surface area contributed by atoms with Gasteiger partial charge in [0, 0.05) is 18.3 Å². The summed E-state index contributed by atoms with van der Waals surface area (Å²) in [5.41, 5.74) is 5.40. The number of H-pyrrole nitrogens is 1. The zero-order chi connectivity index (χ0) is 14.9. The number of hydrogen-bond donors (Lipinski definition) is 2. The number of nitrogens with zero attached hydrogens (tertiary/aromatic N) is 2. The van der Waals surface area contributed by atoms with Gasteiger partial charge in [0.25, 0.3) is 0 Å². The normalized spacial score (nSPS) is 11.1. The van der Waals surface area contributed by atoms with Crippen molar-refractivity contribution < 1.29 is 0 Å². The lowest BCUT2D eigenvalue weighted by Crippen LogP contribution is -2.02. The SMILES string of the molecule is Cc1ccc2nc(NCc3ccc4cc[nH]c4c3)cnc2c1. The van der Waals surface area contributed by atoms with Gasteiger partial charge >= 0.3 is 0 Å². The van der Waals surface area contributed by atoms with Crippen LogP contribution in [0.5, 0.6) is 0 Å². The first-order chi connectivity index (χ1) is 10.8. The Morgan fingerprint density at radius 2 is 2.00 bits per heavy atom. The summed E-state index contributed by atoms with van der Waals surface area (Å²) in [7, 11) is 0. The molecule has 0 unspecified atom stereocenters. The Morgan fingerprint density at radius 3 is 2.95 bits per heavy atom. The van der Waals surface area contributed by atoms with Crippen LogP contribution < -0.4 is 5.32 Å². The smallest absolute Gasteiger partial charge is 0.145 e. The summed E-state index contributed by atoms with van der Waals surface area (Å²) in [5.74, 6) is 0.794. The fraction of sp³-hybridized carbons (Fsp3) is 0.111. The van der Waals surface area contributed by atoms with E-state index in [2.05, 4.69) is 57.5 Å². The zero-order valence-electron chi connectivity index (χ0n) is 12.3. The van der Waals surface area contributed by atoms with Gasteiger partial charge in [0.05, 0.1) is 17.2 Å². The van der Waals surface area contributed by atoms with Crippen molar-refractivity contribution in [2.75, 3.05) is 5.32 Å². The summed E-state index contributed by atoms with van der Waals surface area (Å²) >= 11 is 0. The van der Waals surface area contributed by atoms with Crippen molar-refractivity contribution in [2.24, 2.45) is 0 Å². The van der Waals surface area contributed by atoms with Gasteiger partial charge in [-0.25, -0.2) is 4.98 Å². The maximum absolute atomic E-state index is 4.60. The molecule has 2 N–H and O–H groups in total. The molecule has 0 fully saturated rings. The van der Waals surface area contributed by atoms with E-state index >= 15 is 0 Å². The van der Waals surface area contributed by atoms with Crippen molar-refractivity contribution >= 4 is 27.8 Å². The van der Waals surface area contributed by atoms with Gasteiger partial charge in [0.15, 0.2) is 0 Å². The molecule has 2 heterocycles.